The topological polar surface area (TPSA) is 64.4 Å². The molecule has 17 heavy (non-hydrogen) atoms. The first-order valence-electron chi connectivity index (χ1n) is 5.96. The lowest BCUT2D eigenvalue weighted by atomic mass is 10.1. The van der Waals surface area contributed by atoms with E-state index in [0.29, 0.717) is 11.5 Å². The zero-order valence-corrected chi connectivity index (χ0v) is 9.82. The van der Waals surface area contributed by atoms with E-state index in [4.69, 9.17) is 10.5 Å². The van der Waals surface area contributed by atoms with Crippen molar-refractivity contribution in [3.8, 4) is 5.75 Å². The number of ketones is 1. The normalized spacial score (nSPS) is 19.2. The van der Waals surface area contributed by atoms with Crippen LogP contribution < -0.4 is 15.8 Å². The molecule has 0 aliphatic carbocycles. The molecule has 1 saturated heterocycles. The highest BCUT2D eigenvalue weighted by atomic mass is 16.5. The molecule has 1 aromatic rings. The number of nitrogens with two attached hydrogens (primary N) is 1. The highest BCUT2D eigenvalue weighted by molar-refractivity contribution is 5.97. The molecule has 1 aliphatic heterocycles. The van der Waals surface area contributed by atoms with Crippen LogP contribution >= 0.6 is 0 Å². The highest BCUT2D eigenvalue weighted by Crippen LogP contribution is 2.15. The van der Waals surface area contributed by atoms with Gasteiger partial charge in [0.15, 0.2) is 5.78 Å². The molecule has 92 valence electrons. The second-order valence-corrected chi connectivity index (χ2v) is 4.32. The minimum Gasteiger partial charge on any atom is -0.493 e. The molecule has 1 aromatic carbocycles. The summed E-state index contributed by atoms with van der Waals surface area (Å²) in [6, 6.07) is 7.17. The monoisotopic (exact) mass is 234 g/mol. The summed E-state index contributed by atoms with van der Waals surface area (Å²) in [5, 5.41) is 3.30. The third-order valence-corrected chi connectivity index (χ3v) is 3.01. The van der Waals surface area contributed by atoms with Crippen LogP contribution in [0.1, 0.15) is 16.8 Å². The maximum atomic E-state index is 11.3. The van der Waals surface area contributed by atoms with Crippen LogP contribution in [0.2, 0.25) is 0 Å². The molecular weight excluding hydrogens is 216 g/mol. The average molecular weight is 234 g/mol. The molecule has 1 fully saturated rings. The van der Waals surface area contributed by atoms with Crippen LogP contribution in [0.5, 0.6) is 5.75 Å². The smallest absolute Gasteiger partial charge is 0.176 e. The van der Waals surface area contributed by atoms with Crippen LogP contribution in [-0.2, 0) is 0 Å². The zero-order chi connectivity index (χ0) is 12.1. The fourth-order valence-electron chi connectivity index (χ4n) is 1.93. The van der Waals surface area contributed by atoms with Gasteiger partial charge in [-0.3, -0.25) is 4.79 Å². The first-order valence-corrected chi connectivity index (χ1v) is 5.96. The third-order valence-electron chi connectivity index (χ3n) is 3.01. The largest absolute Gasteiger partial charge is 0.493 e. The number of ether oxygens (including phenoxy) is 1. The average Bonchev–Trinajstić information content (AvgIpc) is 2.89. The molecule has 1 aliphatic rings. The Labute approximate surface area is 101 Å². The van der Waals surface area contributed by atoms with E-state index in [1.807, 2.05) is 12.1 Å². The van der Waals surface area contributed by atoms with Crippen LogP contribution in [0, 0.1) is 5.92 Å². The predicted molar refractivity (Wildman–Crippen MR) is 66.3 cm³/mol. The van der Waals surface area contributed by atoms with Gasteiger partial charge in [-0.1, -0.05) is 0 Å². The summed E-state index contributed by atoms with van der Waals surface area (Å²) in [6.45, 7) is 2.90. The highest BCUT2D eigenvalue weighted by Gasteiger charge is 2.14. The lowest BCUT2D eigenvalue weighted by Crippen LogP contribution is -2.15. The van der Waals surface area contributed by atoms with Crippen molar-refractivity contribution < 1.29 is 9.53 Å². The van der Waals surface area contributed by atoms with Crippen molar-refractivity contribution in [2.75, 3.05) is 26.2 Å². The molecule has 0 amide bonds. The van der Waals surface area contributed by atoms with Crippen molar-refractivity contribution >= 4 is 5.78 Å². The molecule has 1 heterocycles. The summed E-state index contributed by atoms with van der Waals surface area (Å²) in [5.74, 6) is 1.36. The Hall–Kier alpha value is -1.39. The molecule has 1 atom stereocenters. The minimum absolute atomic E-state index is 0.0449. The molecule has 0 radical (unpaired) electrons. The summed E-state index contributed by atoms with van der Waals surface area (Å²) in [4.78, 5) is 11.3. The molecule has 0 saturated carbocycles. The molecule has 4 heteroatoms. The van der Waals surface area contributed by atoms with Crippen molar-refractivity contribution in [2.45, 2.75) is 6.42 Å². The van der Waals surface area contributed by atoms with E-state index in [-0.39, 0.29) is 12.3 Å². The maximum absolute atomic E-state index is 11.3. The molecule has 0 bridgehead atoms. The molecule has 0 spiro atoms. The zero-order valence-electron chi connectivity index (χ0n) is 9.82. The molecule has 3 N–H and O–H groups in total. The van der Waals surface area contributed by atoms with E-state index in [1.54, 1.807) is 12.1 Å². The van der Waals surface area contributed by atoms with Gasteiger partial charge >= 0.3 is 0 Å². The van der Waals surface area contributed by atoms with Crippen molar-refractivity contribution in [1.82, 2.24) is 5.32 Å². The molecule has 1 unspecified atom stereocenters. The standard InChI is InChI=1S/C13H18N2O2/c14-7-13(16)11-1-3-12(4-2-11)17-9-10-5-6-15-8-10/h1-4,10,15H,5-9,14H2. The molecule has 4 nitrogen and oxygen atoms in total. The Morgan fingerprint density at radius 1 is 1.41 bits per heavy atom. The number of rotatable bonds is 5. The second-order valence-electron chi connectivity index (χ2n) is 4.32. The van der Waals surface area contributed by atoms with Crippen LogP contribution in [0.4, 0.5) is 0 Å². The number of carbonyl (C=O) groups excluding carboxylic acids is 1. The van der Waals surface area contributed by atoms with Gasteiger partial charge in [0.1, 0.15) is 5.75 Å². The quantitative estimate of drug-likeness (QED) is 0.740. The Morgan fingerprint density at radius 3 is 2.76 bits per heavy atom. The number of carbonyl (C=O) groups is 1. The van der Waals surface area contributed by atoms with Crippen LogP contribution in [0.15, 0.2) is 24.3 Å². The third kappa shape index (κ3) is 3.28. The number of hydrogen-bond donors (Lipinski definition) is 2. The van der Waals surface area contributed by atoms with Gasteiger partial charge in [-0.15, -0.1) is 0 Å². The van der Waals surface area contributed by atoms with Gasteiger partial charge in [-0.25, -0.2) is 0 Å². The summed E-state index contributed by atoms with van der Waals surface area (Å²) in [7, 11) is 0. The predicted octanol–water partition coefficient (Wildman–Crippen LogP) is 0.816. The Morgan fingerprint density at radius 2 is 2.18 bits per heavy atom. The van der Waals surface area contributed by atoms with Gasteiger partial charge < -0.3 is 15.8 Å². The first kappa shape index (κ1) is 12.1. The minimum atomic E-state index is -0.0449. The van der Waals surface area contributed by atoms with Crippen molar-refractivity contribution in [3.63, 3.8) is 0 Å². The van der Waals surface area contributed by atoms with Crippen molar-refractivity contribution in [3.05, 3.63) is 29.8 Å². The van der Waals surface area contributed by atoms with Crippen molar-refractivity contribution in [1.29, 1.82) is 0 Å². The summed E-state index contributed by atoms with van der Waals surface area (Å²) in [5.41, 5.74) is 5.94. The number of nitrogens with one attached hydrogen (secondary N) is 1. The fourth-order valence-corrected chi connectivity index (χ4v) is 1.93. The van der Waals surface area contributed by atoms with Gasteiger partial charge in [-0.2, -0.15) is 0 Å². The van der Waals surface area contributed by atoms with Gasteiger partial charge in [0, 0.05) is 18.0 Å². The summed E-state index contributed by atoms with van der Waals surface area (Å²) >= 11 is 0. The van der Waals surface area contributed by atoms with Crippen LogP contribution in [0.25, 0.3) is 0 Å². The number of hydrogen-bond acceptors (Lipinski definition) is 4. The van der Waals surface area contributed by atoms with E-state index in [2.05, 4.69) is 5.32 Å². The van der Waals surface area contributed by atoms with Gasteiger partial charge in [0.2, 0.25) is 0 Å². The number of benzene rings is 1. The Balaban J connectivity index is 1.87. The Kier molecular flexibility index (Phi) is 4.12. The summed E-state index contributed by atoms with van der Waals surface area (Å²) < 4.78 is 5.68. The lowest BCUT2D eigenvalue weighted by molar-refractivity contribution is 0.100. The van der Waals surface area contributed by atoms with Crippen molar-refractivity contribution in [2.24, 2.45) is 11.7 Å². The second kappa shape index (κ2) is 5.80. The van der Waals surface area contributed by atoms with Gasteiger partial charge in [0.25, 0.3) is 0 Å². The maximum Gasteiger partial charge on any atom is 0.176 e. The van der Waals surface area contributed by atoms with Gasteiger partial charge in [-0.05, 0) is 37.2 Å². The van der Waals surface area contributed by atoms with Gasteiger partial charge in [0.05, 0.1) is 13.2 Å². The number of Topliss-reactive ketones (excluding diaryl/α,β-unsaturated/α-hetero) is 1. The molecule has 0 aromatic heterocycles. The Bertz CT molecular complexity index is 370. The van der Waals surface area contributed by atoms with Crippen LogP contribution in [0.3, 0.4) is 0 Å². The van der Waals surface area contributed by atoms with E-state index in [9.17, 15) is 4.79 Å². The molecular formula is C13H18N2O2. The van der Waals surface area contributed by atoms with E-state index in [1.165, 1.54) is 6.42 Å². The van der Waals surface area contributed by atoms with Crippen LogP contribution in [-0.4, -0.2) is 32.0 Å². The fraction of sp³-hybridized carbons (Fsp3) is 0.462. The molecule has 2 rings (SSSR count). The van der Waals surface area contributed by atoms with E-state index < -0.39 is 0 Å². The summed E-state index contributed by atoms with van der Waals surface area (Å²) in [6.07, 6.45) is 1.17. The lowest BCUT2D eigenvalue weighted by Gasteiger charge is -2.10. The first-order chi connectivity index (χ1) is 8.29. The SMILES string of the molecule is NCC(=O)c1ccc(OCC2CCNC2)cc1. The van der Waals surface area contributed by atoms with E-state index >= 15 is 0 Å². The van der Waals surface area contributed by atoms with E-state index in [0.717, 1.165) is 25.4 Å².